The van der Waals surface area contributed by atoms with Gasteiger partial charge in [-0.05, 0) is 50.1 Å². The molecule has 6 rings (SSSR count). The number of aromatic hydroxyl groups is 2. The van der Waals surface area contributed by atoms with E-state index >= 15 is 0 Å². The summed E-state index contributed by atoms with van der Waals surface area (Å²) in [5, 5.41) is 23.2. The standard InChI is InChI=1S/C37H40O7S/c38-34-26-4-1-6-28(34)22-32-18-25(24-45)19-33-23-29-7-2-5-27(35(29)39)21-31-9-3-8-30(20-26)36(31)43-16-14-41-12-10-40-11-13-42-15-17-44-37(32)33/h1-9,18-19,38-39,45H,10-17,20-24H2. The normalized spacial score (nSPS) is 16.3. The van der Waals surface area contributed by atoms with Crippen LogP contribution in [0.25, 0.3) is 0 Å². The second-order valence-corrected chi connectivity index (χ2v) is 11.7. The van der Waals surface area contributed by atoms with E-state index in [1.54, 1.807) is 0 Å². The molecule has 2 N–H and O–H groups in total. The molecule has 7 nitrogen and oxygen atoms in total. The number of rotatable bonds is 1. The number of hydrogen-bond acceptors (Lipinski definition) is 8. The SMILES string of the molecule is Oc1c2cccc1Cc1cc(CS)cc3c1OCCOCCOCCOCCOc1c(cccc1Cc1cccc(c1O)C3)C2. The second-order valence-electron chi connectivity index (χ2n) is 11.4. The van der Waals surface area contributed by atoms with Crippen molar-refractivity contribution < 1.29 is 33.9 Å². The Morgan fingerprint density at radius 1 is 0.467 bits per heavy atom. The van der Waals surface area contributed by atoms with E-state index in [-0.39, 0.29) is 11.5 Å². The Balaban J connectivity index is 1.52. The first kappa shape index (κ1) is 31.3. The minimum atomic E-state index is 0.265. The molecule has 236 valence electrons. The monoisotopic (exact) mass is 628 g/mol. The van der Waals surface area contributed by atoms with Gasteiger partial charge in [-0.3, -0.25) is 0 Å². The smallest absolute Gasteiger partial charge is 0.126 e. The zero-order chi connectivity index (χ0) is 31.0. The number of phenolic OH excluding ortho intramolecular Hbond substituents is 2. The number of ether oxygens (including phenoxy) is 5. The lowest BCUT2D eigenvalue weighted by atomic mass is 9.90. The highest BCUT2D eigenvalue weighted by atomic mass is 32.1. The summed E-state index contributed by atoms with van der Waals surface area (Å²) >= 11 is 4.61. The molecule has 4 aromatic carbocycles. The molecule has 0 atom stereocenters. The fourth-order valence-corrected chi connectivity index (χ4v) is 6.28. The lowest BCUT2D eigenvalue weighted by molar-refractivity contribution is 0.00484. The maximum Gasteiger partial charge on any atom is 0.126 e. The van der Waals surface area contributed by atoms with Crippen molar-refractivity contribution in [2.75, 3.05) is 52.9 Å². The van der Waals surface area contributed by atoms with Crippen LogP contribution in [0.2, 0.25) is 0 Å². The zero-order valence-electron chi connectivity index (χ0n) is 25.4. The zero-order valence-corrected chi connectivity index (χ0v) is 26.3. The van der Waals surface area contributed by atoms with Gasteiger partial charge in [0.05, 0.1) is 39.6 Å². The minimum Gasteiger partial charge on any atom is -0.507 e. The summed E-state index contributed by atoms with van der Waals surface area (Å²) in [4.78, 5) is 0. The molecular weight excluding hydrogens is 588 g/mol. The molecule has 1 heterocycles. The Hall–Kier alpha value is -3.69. The molecule has 0 saturated carbocycles. The lowest BCUT2D eigenvalue weighted by Gasteiger charge is -2.21. The molecule has 0 saturated heterocycles. The van der Waals surface area contributed by atoms with E-state index in [4.69, 9.17) is 23.7 Å². The van der Waals surface area contributed by atoms with E-state index in [2.05, 4.69) is 24.8 Å². The van der Waals surface area contributed by atoms with Gasteiger partial charge in [0.25, 0.3) is 0 Å². The van der Waals surface area contributed by atoms with Gasteiger partial charge in [-0.25, -0.2) is 0 Å². The van der Waals surface area contributed by atoms with Crippen LogP contribution in [0.1, 0.15) is 50.1 Å². The van der Waals surface area contributed by atoms with Gasteiger partial charge in [-0.15, -0.1) is 0 Å². The van der Waals surface area contributed by atoms with E-state index in [1.165, 1.54) is 0 Å². The third kappa shape index (κ3) is 7.59. The van der Waals surface area contributed by atoms with Gasteiger partial charge < -0.3 is 33.9 Å². The Bertz CT molecular complexity index is 1520. The van der Waals surface area contributed by atoms with Crippen molar-refractivity contribution in [3.63, 3.8) is 0 Å². The van der Waals surface area contributed by atoms with E-state index in [0.717, 1.165) is 61.6 Å². The maximum atomic E-state index is 11.6. The van der Waals surface area contributed by atoms with E-state index in [0.29, 0.717) is 84.3 Å². The van der Waals surface area contributed by atoms with Crippen LogP contribution < -0.4 is 9.47 Å². The number of fused-ring (bicyclic) bond motifs is 2. The number of phenols is 2. The summed E-state index contributed by atoms with van der Waals surface area (Å²) in [7, 11) is 0. The maximum absolute atomic E-state index is 11.6. The van der Waals surface area contributed by atoms with Crippen molar-refractivity contribution in [2.45, 2.75) is 31.4 Å². The number of thiol groups is 1. The van der Waals surface area contributed by atoms with Crippen LogP contribution >= 0.6 is 12.6 Å². The third-order valence-electron chi connectivity index (χ3n) is 8.29. The summed E-state index contributed by atoms with van der Waals surface area (Å²) < 4.78 is 30.1. The fourth-order valence-electron chi connectivity index (χ4n) is 6.10. The highest BCUT2D eigenvalue weighted by molar-refractivity contribution is 7.79. The predicted octanol–water partition coefficient (Wildman–Crippen LogP) is 6.03. The first-order chi connectivity index (χ1) is 22.1. The average Bonchev–Trinajstić information content (AvgIpc) is 3.04. The van der Waals surface area contributed by atoms with Crippen LogP contribution in [0, 0.1) is 0 Å². The molecule has 0 radical (unpaired) electrons. The molecular formula is C37H40O7S. The van der Waals surface area contributed by atoms with Crippen molar-refractivity contribution >= 4 is 12.6 Å². The van der Waals surface area contributed by atoms with Crippen molar-refractivity contribution in [3.8, 4) is 23.0 Å². The Kier molecular flexibility index (Phi) is 10.5. The largest absolute Gasteiger partial charge is 0.507 e. The van der Waals surface area contributed by atoms with Crippen LogP contribution in [0.3, 0.4) is 0 Å². The topological polar surface area (TPSA) is 86.6 Å². The Labute approximate surface area is 270 Å². The molecule has 2 aliphatic rings. The van der Waals surface area contributed by atoms with Crippen LogP contribution in [0.15, 0.2) is 66.7 Å². The highest BCUT2D eigenvalue weighted by Gasteiger charge is 2.21. The van der Waals surface area contributed by atoms with E-state index in [1.807, 2.05) is 54.6 Å². The number of benzene rings is 4. The number of para-hydroxylation sites is 3. The molecule has 0 unspecified atom stereocenters. The average molecular weight is 629 g/mol. The second kappa shape index (κ2) is 15.1. The summed E-state index contributed by atoms with van der Waals surface area (Å²) in [5.74, 6) is 2.56. The minimum absolute atomic E-state index is 0.265. The van der Waals surface area contributed by atoms with E-state index < -0.39 is 0 Å². The van der Waals surface area contributed by atoms with Gasteiger partial charge in [0, 0.05) is 31.4 Å². The fraction of sp³-hybridized carbons (Fsp3) is 0.351. The van der Waals surface area contributed by atoms with Crippen LogP contribution in [0.5, 0.6) is 23.0 Å². The molecule has 45 heavy (non-hydrogen) atoms. The molecule has 1 aliphatic heterocycles. The molecule has 0 amide bonds. The Morgan fingerprint density at radius 2 is 0.800 bits per heavy atom. The van der Waals surface area contributed by atoms with Crippen molar-refractivity contribution in [3.05, 3.63) is 117 Å². The predicted molar refractivity (Wildman–Crippen MR) is 176 cm³/mol. The molecule has 0 fully saturated rings. The molecule has 4 aromatic rings. The quantitative estimate of drug-likeness (QED) is 0.196. The van der Waals surface area contributed by atoms with Crippen molar-refractivity contribution in [2.24, 2.45) is 0 Å². The number of hydrogen-bond donors (Lipinski definition) is 3. The Morgan fingerprint density at radius 3 is 1.20 bits per heavy atom. The summed E-state index contributed by atoms with van der Waals surface area (Å²) in [6.07, 6.45) is 1.88. The summed E-state index contributed by atoms with van der Waals surface area (Å²) in [5.41, 5.74) is 8.07. The van der Waals surface area contributed by atoms with Gasteiger partial charge >= 0.3 is 0 Å². The lowest BCUT2D eigenvalue weighted by Crippen LogP contribution is -2.15. The first-order valence-electron chi connectivity index (χ1n) is 15.5. The van der Waals surface area contributed by atoms with Crippen LogP contribution in [0.4, 0.5) is 0 Å². The highest BCUT2D eigenvalue weighted by Crippen LogP contribution is 2.38. The summed E-state index contributed by atoms with van der Waals surface area (Å²) in [6.45, 7) is 3.34. The van der Waals surface area contributed by atoms with Gasteiger partial charge in [-0.1, -0.05) is 66.7 Å². The van der Waals surface area contributed by atoms with Gasteiger partial charge in [0.15, 0.2) is 0 Å². The van der Waals surface area contributed by atoms with Gasteiger partial charge in [-0.2, -0.15) is 12.6 Å². The van der Waals surface area contributed by atoms with Crippen molar-refractivity contribution in [1.82, 2.24) is 0 Å². The molecule has 10 bridgehead atoms. The van der Waals surface area contributed by atoms with Crippen LogP contribution in [-0.4, -0.2) is 63.1 Å². The first-order valence-corrected chi connectivity index (χ1v) is 16.2. The van der Waals surface area contributed by atoms with Gasteiger partial charge in [0.2, 0.25) is 0 Å². The molecule has 1 aliphatic carbocycles. The summed E-state index contributed by atoms with van der Waals surface area (Å²) in [6, 6.07) is 22.1. The van der Waals surface area contributed by atoms with E-state index in [9.17, 15) is 10.2 Å². The molecule has 8 heteroatoms. The molecule has 0 aromatic heterocycles. The van der Waals surface area contributed by atoms with Gasteiger partial charge in [0.1, 0.15) is 36.2 Å². The third-order valence-corrected chi connectivity index (χ3v) is 8.65. The van der Waals surface area contributed by atoms with Crippen molar-refractivity contribution in [1.29, 1.82) is 0 Å². The van der Waals surface area contributed by atoms with Crippen LogP contribution in [-0.2, 0) is 45.6 Å². The molecule has 0 spiro atoms.